The van der Waals surface area contributed by atoms with Crippen molar-refractivity contribution >= 4 is 41.5 Å². The van der Waals surface area contributed by atoms with Gasteiger partial charge in [-0.15, -0.1) is 24.0 Å². The van der Waals surface area contributed by atoms with Crippen molar-refractivity contribution in [2.45, 2.75) is 32.2 Å². The molecule has 8 heteroatoms. The van der Waals surface area contributed by atoms with E-state index in [1.807, 2.05) is 19.2 Å². The summed E-state index contributed by atoms with van der Waals surface area (Å²) in [6.07, 6.45) is 4.11. The largest absolute Gasteiger partial charge is 0.396 e. The van der Waals surface area contributed by atoms with Gasteiger partial charge in [0.05, 0.1) is 6.61 Å². The highest BCUT2D eigenvalue weighted by molar-refractivity contribution is 14.0. The van der Waals surface area contributed by atoms with E-state index in [9.17, 15) is 5.11 Å². The van der Waals surface area contributed by atoms with Crippen LogP contribution >= 0.6 is 35.6 Å². The molecule has 30 heavy (non-hydrogen) atoms. The van der Waals surface area contributed by atoms with Crippen molar-refractivity contribution in [1.82, 2.24) is 15.5 Å². The average molecular weight is 551 g/mol. The summed E-state index contributed by atoms with van der Waals surface area (Å²) in [5.74, 6) is 1.49. The molecule has 6 nitrogen and oxygen atoms in total. The monoisotopic (exact) mass is 550 g/mol. The van der Waals surface area contributed by atoms with Gasteiger partial charge in [0, 0.05) is 50.3 Å². The lowest BCUT2D eigenvalue weighted by atomic mass is 9.84. The van der Waals surface area contributed by atoms with Gasteiger partial charge >= 0.3 is 0 Å². The van der Waals surface area contributed by atoms with Gasteiger partial charge in [-0.05, 0) is 56.3 Å². The molecule has 2 fully saturated rings. The van der Waals surface area contributed by atoms with Crippen molar-refractivity contribution in [1.29, 1.82) is 0 Å². The summed E-state index contributed by atoms with van der Waals surface area (Å²) in [7, 11) is 1.81. The van der Waals surface area contributed by atoms with Crippen LogP contribution < -0.4 is 10.6 Å². The number of ether oxygens (including phenoxy) is 1. The molecule has 1 aromatic carbocycles. The van der Waals surface area contributed by atoms with E-state index in [1.54, 1.807) is 0 Å². The Morgan fingerprint density at radius 3 is 2.70 bits per heavy atom. The Morgan fingerprint density at radius 1 is 1.30 bits per heavy atom. The number of likely N-dealkylation sites (tertiary alicyclic amines) is 1. The van der Waals surface area contributed by atoms with Gasteiger partial charge in [-0.3, -0.25) is 9.89 Å². The van der Waals surface area contributed by atoms with Crippen LogP contribution in [0.2, 0.25) is 5.02 Å². The van der Waals surface area contributed by atoms with E-state index in [2.05, 4.69) is 32.7 Å². The Kier molecular flexibility index (Phi) is 11.2. The summed E-state index contributed by atoms with van der Waals surface area (Å²) in [4.78, 5) is 6.86. The molecule has 0 amide bonds. The van der Waals surface area contributed by atoms with E-state index in [1.165, 1.54) is 18.4 Å². The predicted octanol–water partition coefficient (Wildman–Crippen LogP) is 3.12. The number of aliphatic imine (C=N–C) groups is 1. The minimum atomic E-state index is 0. The van der Waals surface area contributed by atoms with Crippen LogP contribution in [0.15, 0.2) is 29.3 Å². The summed E-state index contributed by atoms with van der Waals surface area (Å²) in [5, 5.41) is 17.2. The van der Waals surface area contributed by atoms with E-state index in [-0.39, 0.29) is 36.0 Å². The van der Waals surface area contributed by atoms with Crippen LogP contribution in [0, 0.1) is 11.3 Å². The minimum absolute atomic E-state index is 0. The van der Waals surface area contributed by atoms with Gasteiger partial charge in [-0.2, -0.15) is 0 Å². The van der Waals surface area contributed by atoms with Crippen LogP contribution in [0.1, 0.15) is 31.2 Å². The molecule has 3 N–H and O–H groups in total. The minimum Gasteiger partial charge on any atom is -0.396 e. The van der Waals surface area contributed by atoms with Crippen LogP contribution in [0.4, 0.5) is 0 Å². The van der Waals surface area contributed by atoms with Crippen molar-refractivity contribution in [3.63, 3.8) is 0 Å². The number of piperidine rings is 1. The Hall–Kier alpha value is -0.610. The number of benzene rings is 1. The third kappa shape index (κ3) is 7.51. The summed E-state index contributed by atoms with van der Waals surface area (Å²) in [6.45, 7) is 6.53. The molecule has 2 saturated heterocycles. The van der Waals surface area contributed by atoms with E-state index in [0.29, 0.717) is 12.5 Å². The van der Waals surface area contributed by atoms with Crippen molar-refractivity contribution in [3.8, 4) is 0 Å². The van der Waals surface area contributed by atoms with Crippen LogP contribution in [0.3, 0.4) is 0 Å². The fourth-order valence-corrected chi connectivity index (χ4v) is 4.46. The van der Waals surface area contributed by atoms with Crippen molar-refractivity contribution < 1.29 is 9.84 Å². The quantitative estimate of drug-likeness (QED) is 0.264. The molecule has 0 aliphatic carbocycles. The fourth-order valence-electron chi connectivity index (χ4n) is 4.26. The maximum Gasteiger partial charge on any atom is 0.191 e. The van der Waals surface area contributed by atoms with Gasteiger partial charge in [0.2, 0.25) is 0 Å². The van der Waals surface area contributed by atoms with Crippen molar-refractivity contribution in [2.75, 3.05) is 53.0 Å². The number of nitrogens with one attached hydrogen (secondary N) is 2. The molecule has 0 spiro atoms. The fraction of sp³-hybridized carbons (Fsp3) is 0.682. The van der Waals surface area contributed by atoms with E-state index in [0.717, 1.165) is 63.2 Å². The maximum atomic E-state index is 9.38. The Bertz CT molecular complexity index is 662. The predicted molar refractivity (Wildman–Crippen MR) is 134 cm³/mol. The van der Waals surface area contributed by atoms with Crippen LogP contribution in [0.25, 0.3) is 0 Å². The third-order valence-corrected chi connectivity index (χ3v) is 6.67. The summed E-state index contributed by atoms with van der Waals surface area (Å²) in [6, 6.07) is 8.12. The van der Waals surface area contributed by atoms with E-state index < -0.39 is 0 Å². The highest BCUT2D eigenvalue weighted by atomic mass is 127. The molecule has 0 saturated carbocycles. The molecular formula is C22H36ClIN4O2. The zero-order valence-electron chi connectivity index (χ0n) is 17.9. The van der Waals surface area contributed by atoms with Crippen LogP contribution in [-0.2, 0) is 11.3 Å². The highest BCUT2D eigenvalue weighted by Gasteiger charge is 2.34. The van der Waals surface area contributed by atoms with Gasteiger partial charge in [-0.25, -0.2) is 0 Å². The molecule has 1 unspecified atom stereocenters. The zero-order valence-corrected chi connectivity index (χ0v) is 21.0. The Balaban J connectivity index is 0.00000320. The van der Waals surface area contributed by atoms with Gasteiger partial charge in [0.25, 0.3) is 0 Å². The molecule has 1 aromatic rings. The normalized spacial score (nSPS) is 23.2. The van der Waals surface area contributed by atoms with E-state index >= 15 is 0 Å². The zero-order chi connectivity index (χ0) is 20.5. The smallest absolute Gasteiger partial charge is 0.191 e. The SMILES string of the molecule is CN=C(NCC1CCN(Cc2ccccc2Cl)CC1)NCC1(CCO)CCOC1.I. The highest BCUT2D eigenvalue weighted by Crippen LogP contribution is 2.31. The van der Waals surface area contributed by atoms with Crippen LogP contribution in [-0.4, -0.2) is 69.0 Å². The molecule has 0 bridgehead atoms. The molecule has 170 valence electrons. The molecular weight excluding hydrogens is 515 g/mol. The van der Waals surface area contributed by atoms with Crippen molar-refractivity contribution in [2.24, 2.45) is 16.3 Å². The summed E-state index contributed by atoms with van der Waals surface area (Å²) < 4.78 is 5.57. The first-order valence-electron chi connectivity index (χ1n) is 10.7. The standard InChI is InChI=1S/C22H35ClN4O2.HI/c1-24-21(26-16-22(8-12-28)9-13-29-17-22)25-14-18-6-10-27(11-7-18)15-19-4-2-3-5-20(19)23;/h2-5,18,28H,6-17H2,1H3,(H2,24,25,26);1H. The second-order valence-corrected chi connectivity index (χ2v) is 8.80. The second-order valence-electron chi connectivity index (χ2n) is 8.39. The number of aliphatic hydroxyl groups excluding tert-OH is 1. The molecule has 0 radical (unpaired) electrons. The number of guanidine groups is 1. The number of halogens is 2. The average Bonchev–Trinajstić information content (AvgIpc) is 3.20. The third-order valence-electron chi connectivity index (χ3n) is 6.30. The molecule has 2 heterocycles. The number of aliphatic hydroxyl groups is 1. The Labute approximate surface area is 202 Å². The maximum absolute atomic E-state index is 9.38. The molecule has 1 atom stereocenters. The molecule has 2 aliphatic heterocycles. The summed E-state index contributed by atoms with van der Waals surface area (Å²) >= 11 is 6.30. The van der Waals surface area contributed by atoms with Gasteiger partial charge in [0.15, 0.2) is 5.96 Å². The molecule has 0 aromatic heterocycles. The Morgan fingerprint density at radius 2 is 2.07 bits per heavy atom. The number of hydrogen-bond donors (Lipinski definition) is 3. The first-order valence-corrected chi connectivity index (χ1v) is 11.1. The van der Waals surface area contributed by atoms with Crippen molar-refractivity contribution in [3.05, 3.63) is 34.9 Å². The number of hydrogen-bond acceptors (Lipinski definition) is 4. The van der Waals surface area contributed by atoms with Crippen LogP contribution in [0.5, 0.6) is 0 Å². The first kappa shape index (κ1) is 25.6. The molecule has 2 aliphatic rings. The van der Waals surface area contributed by atoms with Gasteiger partial charge in [0.1, 0.15) is 0 Å². The second kappa shape index (κ2) is 13.1. The van der Waals surface area contributed by atoms with E-state index in [4.69, 9.17) is 16.3 Å². The van der Waals surface area contributed by atoms with Gasteiger partial charge in [-0.1, -0.05) is 29.8 Å². The molecule has 3 rings (SSSR count). The lowest BCUT2D eigenvalue weighted by molar-refractivity contribution is 0.127. The lowest BCUT2D eigenvalue weighted by Gasteiger charge is -2.33. The first-order chi connectivity index (χ1) is 14.1. The number of nitrogens with zero attached hydrogens (tertiary/aromatic N) is 2. The lowest BCUT2D eigenvalue weighted by Crippen LogP contribution is -2.46. The van der Waals surface area contributed by atoms with Gasteiger partial charge < -0.3 is 20.5 Å². The number of rotatable bonds is 8. The summed E-state index contributed by atoms with van der Waals surface area (Å²) in [5.41, 5.74) is 1.24. The topological polar surface area (TPSA) is 69.1 Å².